The highest BCUT2D eigenvalue weighted by molar-refractivity contribution is 7.80. The zero-order chi connectivity index (χ0) is 12.4. The molecule has 0 aromatic carbocycles. The summed E-state index contributed by atoms with van der Waals surface area (Å²) >= 11 is 4.23. The molecule has 0 aromatic heterocycles. The summed E-state index contributed by atoms with van der Waals surface area (Å²) in [6.45, 7) is 3.39. The number of hydrogen-bond acceptors (Lipinski definition) is 3. The predicted octanol–water partition coefficient (Wildman–Crippen LogP) is 2.45. The molecule has 0 unspecified atom stereocenters. The highest BCUT2D eigenvalue weighted by atomic mass is 32.1. The van der Waals surface area contributed by atoms with Crippen molar-refractivity contribution in [2.75, 3.05) is 25.4 Å². The fraction of sp³-hybridized carbons (Fsp3) is 1.00. The van der Waals surface area contributed by atoms with Crippen molar-refractivity contribution in [2.24, 2.45) is 17.8 Å². The van der Waals surface area contributed by atoms with Gasteiger partial charge in [0.05, 0.1) is 0 Å². The van der Waals surface area contributed by atoms with E-state index in [2.05, 4.69) is 23.3 Å². The molecule has 104 valence electrons. The van der Waals surface area contributed by atoms with Gasteiger partial charge in [-0.05, 0) is 75.0 Å². The molecule has 4 rings (SSSR count). The Balaban J connectivity index is 1.42. The van der Waals surface area contributed by atoms with Crippen molar-refractivity contribution in [3.05, 3.63) is 0 Å². The Morgan fingerprint density at radius 2 is 1.50 bits per heavy atom. The summed E-state index contributed by atoms with van der Waals surface area (Å²) in [5.41, 5.74) is 0.542. The Bertz CT molecular complexity index is 244. The van der Waals surface area contributed by atoms with Crippen molar-refractivity contribution in [1.29, 1.82) is 0 Å². The summed E-state index contributed by atoms with van der Waals surface area (Å²) in [6.07, 6.45) is 10.2. The molecule has 4 fully saturated rings. The lowest BCUT2D eigenvalue weighted by atomic mass is 9.53. The molecule has 4 saturated carbocycles. The highest BCUT2D eigenvalue weighted by Crippen LogP contribution is 2.55. The molecule has 4 aliphatic rings. The molecule has 0 atom stereocenters. The number of nitrogens with one attached hydrogen (secondary N) is 2. The highest BCUT2D eigenvalue weighted by Gasteiger charge is 2.50. The molecule has 0 radical (unpaired) electrons. The lowest BCUT2D eigenvalue weighted by Gasteiger charge is -2.57. The number of hydrogen-bond donors (Lipinski definition) is 3. The van der Waals surface area contributed by atoms with Crippen molar-refractivity contribution < 1.29 is 0 Å². The van der Waals surface area contributed by atoms with E-state index in [1.54, 1.807) is 19.3 Å². The monoisotopic (exact) mass is 268 g/mol. The third-order valence-corrected chi connectivity index (χ3v) is 5.67. The van der Waals surface area contributed by atoms with Crippen LogP contribution in [0.15, 0.2) is 0 Å². The van der Waals surface area contributed by atoms with Crippen LogP contribution in [0.2, 0.25) is 0 Å². The van der Waals surface area contributed by atoms with E-state index < -0.39 is 0 Å². The molecule has 0 aliphatic heterocycles. The summed E-state index contributed by atoms with van der Waals surface area (Å²) in [5.74, 6) is 4.16. The molecular formula is C15H28N2S. The van der Waals surface area contributed by atoms with Gasteiger partial charge in [-0.25, -0.2) is 0 Å². The average Bonchev–Trinajstić information content (AvgIpc) is 2.32. The largest absolute Gasteiger partial charge is 0.315 e. The van der Waals surface area contributed by atoms with Gasteiger partial charge in [-0.1, -0.05) is 0 Å². The van der Waals surface area contributed by atoms with E-state index >= 15 is 0 Å². The molecule has 0 aromatic rings. The van der Waals surface area contributed by atoms with Crippen LogP contribution in [-0.2, 0) is 0 Å². The minimum absolute atomic E-state index is 0.542. The second-order valence-corrected chi connectivity index (χ2v) is 7.40. The molecule has 2 N–H and O–H groups in total. The lowest BCUT2D eigenvalue weighted by Crippen LogP contribution is -2.59. The Morgan fingerprint density at radius 1 is 0.889 bits per heavy atom. The average molecular weight is 268 g/mol. The van der Waals surface area contributed by atoms with Gasteiger partial charge in [0.1, 0.15) is 0 Å². The van der Waals surface area contributed by atoms with E-state index in [4.69, 9.17) is 0 Å². The summed E-state index contributed by atoms with van der Waals surface area (Å²) in [7, 11) is 0. The topological polar surface area (TPSA) is 24.1 Å². The van der Waals surface area contributed by atoms with Gasteiger partial charge < -0.3 is 10.6 Å². The second-order valence-electron chi connectivity index (χ2n) is 6.95. The first kappa shape index (κ1) is 13.3. The van der Waals surface area contributed by atoms with Crippen molar-refractivity contribution >= 4 is 12.6 Å². The van der Waals surface area contributed by atoms with Crippen LogP contribution in [0, 0.1) is 17.8 Å². The van der Waals surface area contributed by atoms with Crippen LogP contribution in [0.3, 0.4) is 0 Å². The third-order valence-electron chi connectivity index (χ3n) is 5.35. The SMILES string of the molecule is SCCCNCCNC12CC3CC(CC(C3)C1)C2. The molecule has 0 saturated heterocycles. The number of thiol groups is 1. The van der Waals surface area contributed by atoms with Gasteiger partial charge in [0.2, 0.25) is 0 Å². The van der Waals surface area contributed by atoms with E-state index in [0.29, 0.717) is 5.54 Å². The zero-order valence-electron chi connectivity index (χ0n) is 11.5. The van der Waals surface area contributed by atoms with Gasteiger partial charge in [0, 0.05) is 18.6 Å². The smallest absolute Gasteiger partial charge is 0.0190 e. The Hall–Kier alpha value is 0.270. The Kier molecular flexibility index (Phi) is 4.21. The predicted molar refractivity (Wildman–Crippen MR) is 80.2 cm³/mol. The van der Waals surface area contributed by atoms with E-state index in [9.17, 15) is 0 Å². The Labute approximate surface area is 117 Å². The van der Waals surface area contributed by atoms with Crippen LogP contribution >= 0.6 is 12.6 Å². The maximum absolute atomic E-state index is 4.23. The van der Waals surface area contributed by atoms with Gasteiger partial charge in [-0.15, -0.1) is 0 Å². The minimum Gasteiger partial charge on any atom is -0.315 e. The van der Waals surface area contributed by atoms with Crippen LogP contribution in [0.1, 0.15) is 44.9 Å². The van der Waals surface area contributed by atoms with Gasteiger partial charge in [-0.2, -0.15) is 12.6 Å². The van der Waals surface area contributed by atoms with Crippen molar-refractivity contribution in [3.8, 4) is 0 Å². The maximum atomic E-state index is 4.23. The third kappa shape index (κ3) is 2.88. The minimum atomic E-state index is 0.542. The fourth-order valence-corrected chi connectivity index (χ4v) is 5.23. The molecule has 18 heavy (non-hydrogen) atoms. The zero-order valence-corrected chi connectivity index (χ0v) is 12.4. The molecule has 4 aliphatic carbocycles. The number of rotatable bonds is 7. The van der Waals surface area contributed by atoms with E-state index in [0.717, 1.165) is 43.1 Å². The molecule has 2 nitrogen and oxygen atoms in total. The van der Waals surface area contributed by atoms with Crippen LogP contribution in [0.5, 0.6) is 0 Å². The quantitative estimate of drug-likeness (QED) is 0.488. The fourth-order valence-electron chi connectivity index (χ4n) is 5.07. The van der Waals surface area contributed by atoms with Crippen molar-refractivity contribution in [1.82, 2.24) is 10.6 Å². The van der Waals surface area contributed by atoms with Crippen LogP contribution in [0.4, 0.5) is 0 Å². The summed E-state index contributed by atoms with van der Waals surface area (Å²) < 4.78 is 0. The normalized spacial score (nSPS) is 41.5. The van der Waals surface area contributed by atoms with E-state index in [1.807, 2.05) is 0 Å². The molecular weight excluding hydrogens is 240 g/mol. The molecule has 0 amide bonds. The first-order valence-corrected chi connectivity index (χ1v) is 8.49. The summed E-state index contributed by atoms with van der Waals surface area (Å²) in [6, 6.07) is 0. The van der Waals surface area contributed by atoms with Gasteiger partial charge in [0.15, 0.2) is 0 Å². The molecule has 4 bridgehead atoms. The van der Waals surface area contributed by atoms with E-state index in [-0.39, 0.29) is 0 Å². The summed E-state index contributed by atoms with van der Waals surface area (Å²) in [4.78, 5) is 0. The second kappa shape index (κ2) is 5.72. The lowest BCUT2D eigenvalue weighted by molar-refractivity contribution is -0.0192. The first-order chi connectivity index (χ1) is 8.80. The van der Waals surface area contributed by atoms with Crippen LogP contribution in [0.25, 0.3) is 0 Å². The molecule has 0 heterocycles. The standard InChI is InChI=1S/C15H28N2S/c18-5-1-2-16-3-4-17-15-9-12-6-13(10-15)8-14(7-12)11-15/h12-14,16-18H,1-11H2. The molecule has 3 heteroatoms. The maximum Gasteiger partial charge on any atom is 0.0190 e. The Morgan fingerprint density at radius 3 is 2.06 bits per heavy atom. The first-order valence-electron chi connectivity index (χ1n) is 7.86. The van der Waals surface area contributed by atoms with Gasteiger partial charge >= 0.3 is 0 Å². The molecule has 0 spiro atoms. The van der Waals surface area contributed by atoms with Crippen molar-refractivity contribution in [3.63, 3.8) is 0 Å². The summed E-state index contributed by atoms with van der Waals surface area (Å²) in [5, 5.41) is 7.43. The van der Waals surface area contributed by atoms with Gasteiger partial charge in [0.25, 0.3) is 0 Å². The van der Waals surface area contributed by atoms with Crippen LogP contribution < -0.4 is 10.6 Å². The van der Waals surface area contributed by atoms with Gasteiger partial charge in [-0.3, -0.25) is 0 Å². The van der Waals surface area contributed by atoms with E-state index in [1.165, 1.54) is 25.7 Å². The van der Waals surface area contributed by atoms with Crippen molar-refractivity contribution in [2.45, 2.75) is 50.5 Å². The van der Waals surface area contributed by atoms with Crippen LogP contribution in [-0.4, -0.2) is 30.9 Å².